The number of ketones is 4. The van der Waals surface area contributed by atoms with Crippen LogP contribution in [0.15, 0.2) is 90.5 Å². The Kier molecular flexibility index (Phi) is 7.21. The van der Waals surface area contributed by atoms with Crippen LogP contribution < -0.4 is 0 Å². The second-order valence-corrected chi connectivity index (χ2v) is 21.1. The lowest BCUT2D eigenvalue weighted by Crippen LogP contribution is -2.28. The number of thiophene rings is 3. The highest BCUT2D eigenvalue weighted by Gasteiger charge is 2.59. The quantitative estimate of drug-likeness (QED) is 0.101. The van der Waals surface area contributed by atoms with Gasteiger partial charge in [0, 0.05) is 57.3 Å². The van der Waals surface area contributed by atoms with Crippen molar-refractivity contribution in [3.63, 3.8) is 0 Å². The fraction of sp³-hybridized carbons (Fsp3) is 0.269. The molecular weight excluding hydrogens is 785 g/mol. The number of carbonyl (C=O) groups excluding carboxylic acids is 4. The monoisotopic (exact) mass is 822 g/mol. The Bertz CT molecular complexity index is 3070. The third-order valence-corrected chi connectivity index (χ3v) is 18.4. The molecule has 7 heteroatoms. The molecule has 13 rings (SSSR count). The van der Waals surface area contributed by atoms with Gasteiger partial charge >= 0.3 is 0 Å². The van der Waals surface area contributed by atoms with Crippen LogP contribution in [0.2, 0.25) is 0 Å². The number of rotatable bonds is 3. The van der Waals surface area contributed by atoms with Crippen LogP contribution in [-0.2, 0) is 17.3 Å². The van der Waals surface area contributed by atoms with Crippen molar-refractivity contribution >= 4 is 105 Å². The fourth-order valence-electron chi connectivity index (χ4n) is 12.2. The second-order valence-electron chi connectivity index (χ2n) is 17.8. The normalized spacial score (nSPS) is 20.2. The molecule has 2 fully saturated rings. The van der Waals surface area contributed by atoms with Gasteiger partial charge in [-0.3, -0.25) is 19.2 Å². The molecule has 6 aliphatic rings. The van der Waals surface area contributed by atoms with Crippen molar-refractivity contribution in [1.29, 1.82) is 0 Å². The Labute approximate surface area is 353 Å². The zero-order chi connectivity index (χ0) is 39.4. The molecule has 59 heavy (non-hydrogen) atoms. The molecule has 0 amide bonds. The Morgan fingerprint density at radius 2 is 1.08 bits per heavy atom. The van der Waals surface area contributed by atoms with Crippen LogP contribution in [0.5, 0.6) is 0 Å². The first kappa shape index (κ1) is 34.8. The lowest BCUT2D eigenvalue weighted by molar-refractivity contribution is 0.0837. The summed E-state index contributed by atoms with van der Waals surface area (Å²) in [5.41, 5.74) is 8.37. The summed E-state index contributed by atoms with van der Waals surface area (Å²) in [6.07, 6.45) is 14.1. The maximum absolute atomic E-state index is 13.9. The third-order valence-electron chi connectivity index (χ3n) is 14.8. The summed E-state index contributed by atoms with van der Waals surface area (Å²) in [7, 11) is 0. The zero-order valence-corrected chi connectivity index (χ0v) is 34.8. The minimum atomic E-state index is -0.674. The smallest absolute Gasteiger partial charge is 0.197 e. The molecule has 0 atom stereocenters. The lowest BCUT2D eigenvalue weighted by Gasteiger charge is -2.37. The van der Waals surface area contributed by atoms with E-state index in [0.29, 0.717) is 28.7 Å². The van der Waals surface area contributed by atoms with Crippen molar-refractivity contribution in [3.05, 3.63) is 143 Å². The van der Waals surface area contributed by atoms with E-state index in [9.17, 15) is 19.2 Å². The van der Waals surface area contributed by atoms with Crippen LogP contribution in [0.1, 0.15) is 136 Å². The summed E-state index contributed by atoms with van der Waals surface area (Å²) in [5, 5.41) is 3.93. The van der Waals surface area contributed by atoms with Crippen molar-refractivity contribution in [2.24, 2.45) is 5.92 Å². The van der Waals surface area contributed by atoms with Crippen molar-refractivity contribution in [1.82, 2.24) is 0 Å². The molecule has 0 radical (unpaired) electrons. The first-order chi connectivity index (χ1) is 28.8. The highest BCUT2D eigenvalue weighted by molar-refractivity contribution is 7.29. The average molecular weight is 823 g/mol. The average Bonchev–Trinajstić information content (AvgIpc) is 4.11. The van der Waals surface area contributed by atoms with Gasteiger partial charge in [0.1, 0.15) is 0 Å². The summed E-state index contributed by atoms with van der Waals surface area (Å²) in [5.74, 6) is -1.10. The molecule has 0 aliphatic heterocycles. The van der Waals surface area contributed by atoms with E-state index in [4.69, 9.17) is 0 Å². The first-order valence-electron chi connectivity index (χ1n) is 21.2. The van der Waals surface area contributed by atoms with E-state index in [2.05, 4.69) is 12.1 Å². The molecule has 2 saturated carbocycles. The number of hydrogen-bond acceptors (Lipinski definition) is 7. The topological polar surface area (TPSA) is 68.3 Å². The van der Waals surface area contributed by atoms with E-state index in [0.717, 1.165) is 57.0 Å². The highest BCUT2D eigenvalue weighted by atomic mass is 32.1. The molecule has 6 aliphatic carbocycles. The van der Waals surface area contributed by atoms with E-state index in [-0.39, 0.29) is 39.5 Å². The predicted octanol–water partition coefficient (Wildman–Crippen LogP) is 13.4. The Hall–Kier alpha value is -5.08. The van der Waals surface area contributed by atoms with Gasteiger partial charge in [-0.1, -0.05) is 87.1 Å². The largest absolute Gasteiger partial charge is 0.293 e. The number of benzene rings is 4. The summed E-state index contributed by atoms with van der Waals surface area (Å²) in [4.78, 5) is 60.5. The highest BCUT2D eigenvalue weighted by Crippen LogP contribution is 2.72. The molecule has 288 valence electrons. The number of allylic oxidation sites excluding steroid dienone is 3. The van der Waals surface area contributed by atoms with E-state index >= 15 is 0 Å². The van der Waals surface area contributed by atoms with E-state index in [1.54, 1.807) is 22.5 Å². The van der Waals surface area contributed by atoms with Gasteiger partial charge in [-0.2, -0.15) is 0 Å². The van der Waals surface area contributed by atoms with Crippen LogP contribution in [0.25, 0.3) is 48.2 Å². The maximum Gasteiger partial charge on any atom is 0.197 e. The van der Waals surface area contributed by atoms with Gasteiger partial charge in [0.25, 0.3) is 0 Å². The minimum Gasteiger partial charge on any atom is -0.293 e. The molecule has 4 nitrogen and oxygen atoms in total. The number of hydrogen-bond donors (Lipinski definition) is 0. The summed E-state index contributed by atoms with van der Waals surface area (Å²) in [6.45, 7) is 0. The van der Waals surface area contributed by atoms with Gasteiger partial charge in [-0.15, -0.1) is 34.0 Å². The Morgan fingerprint density at radius 1 is 0.559 bits per heavy atom. The molecule has 3 heterocycles. The fourth-order valence-corrected chi connectivity index (χ4v) is 16.6. The lowest BCUT2D eigenvalue weighted by atomic mass is 9.67. The summed E-state index contributed by atoms with van der Waals surface area (Å²) >= 11 is 5.58. The number of Topliss-reactive ketones (excluding diaryl/α,β-unsaturated/α-hetero) is 4. The first-order valence-corrected chi connectivity index (χ1v) is 23.7. The Morgan fingerprint density at radius 3 is 1.66 bits per heavy atom. The van der Waals surface area contributed by atoms with Crippen LogP contribution in [0.3, 0.4) is 0 Å². The Balaban J connectivity index is 0.908. The van der Waals surface area contributed by atoms with Gasteiger partial charge < -0.3 is 0 Å². The summed E-state index contributed by atoms with van der Waals surface area (Å²) < 4.78 is 2.65. The standard InChI is InChI=1S/C52H38O4S3/c53-44-33-19-27-11-3-4-12-28(27)20-34(33)45(54)37(44)23-31-25-39-48(57-31)41-42(51(39)15-7-1-8-16-51)50-43(52(41)17-9-2-10-18-52)49-40(59-50)26-32(58-49)24-38-46(55)35-21-29-13-5-6-14-30(29)22-36(35)47(38)56/h3-6,11-14,19-23,25-26,38H,1-2,7-10,15-18,24H2. The number of carbonyl (C=O) groups is 4. The third kappa shape index (κ3) is 4.59. The maximum atomic E-state index is 13.9. The van der Waals surface area contributed by atoms with E-state index in [1.165, 1.54) is 68.8 Å². The predicted molar refractivity (Wildman–Crippen MR) is 241 cm³/mol. The molecule has 0 saturated heterocycles. The second kappa shape index (κ2) is 12.2. The van der Waals surface area contributed by atoms with Crippen LogP contribution in [0.4, 0.5) is 0 Å². The van der Waals surface area contributed by atoms with Gasteiger partial charge in [0.15, 0.2) is 23.1 Å². The van der Waals surface area contributed by atoms with Crippen LogP contribution in [0, 0.1) is 5.92 Å². The molecule has 3 aromatic heterocycles. The number of fused-ring (bicyclic) bond motifs is 14. The molecular formula is C52H38O4S3. The molecule has 0 bridgehead atoms. The minimum absolute atomic E-state index is 0.0457. The van der Waals surface area contributed by atoms with Gasteiger partial charge in [0.05, 0.1) is 16.2 Å². The SMILES string of the molecule is O=C1C(=Cc2cc3c(s2)C2=C(c4sc5cc(CC6C(=O)c7cc8ccccc8cc7C6=O)sc5c4C24CCCCC4)C32CCCCC2)C(=O)c2cc3ccccc3cc21. The van der Waals surface area contributed by atoms with Gasteiger partial charge in [-0.05, 0) is 118 Å². The van der Waals surface area contributed by atoms with Gasteiger partial charge in [0.2, 0.25) is 0 Å². The van der Waals surface area contributed by atoms with E-state index < -0.39 is 5.92 Å². The zero-order valence-electron chi connectivity index (χ0n) is 32.4. The molecule has 0 unspecified atom stereocenters. The van der Waals surface area contributed by atoms with E-state index in [1.807, 2.05) is 102 Å². The van der Waals surface area contributed by atoms with Crippen LogP contribution in [-0.4, -0.2) is 23.1 Å². The molecule has 0 N–H and O–H groups in total. The van der Waals surface area contributed by atoms with Crippen molar-refractivity contribution in [3.8, 4) is 0 Å². The van der Waals surface area contributed by atoms with Crippen molar-refractivity contribution in [2.75, 3.05) is 0 Å². The van der Waals surface area contributed by atoms with Crippen LogP contribution >= 0.6 is 34.0 Å². The summed E-state index contributed by atoms with van der Waals surface area (Å²) in [6, 6.07) is 28.2. The molecule has 4 aromatic carbocycles. The molecule has 7 aromatic rings. The molecule has 2 spiro atoms. The van der Waals surface area contributed by atoms with Gasteiger partial charge in [-0.25, -0.2) is 0 Å². The van der Waals surface area contributed by atoms with Crippen molar-refractivity contribution in [2.45, 2.75) is 81.5 Å². The van der Waals surface area contributed by atoms with Crippen molar-refractivity contribution < 1.29 is 19.2 Å².